The highest BCUT2D eigenvalue weighted by Crippen LogP contribution is 2.31. The summed E-state index contributed by atoms with van der Waals surface area (Å²) in [7, 11) is 0. The van der Waals surface area contributed by atoms with Gasteiger partial charge in [0.2, 0.25) is 0 Å². The number of hydrogen-bond acceptors (Lipinski definition) is 4. The molecule has 0 saturated heterocycles. The number of hydrogen-bond donors (Lipinski definition) is 1. The molecule has 0 saturated carbocycles. The van der Waals surface area contributed by atoms with E-state index in [1.807, 2.05) is 18.2 Å². The minimum Gasteiger partial charge on any atom is -0.476 e. The first-order chi connectivity index (χ1) is 10.2. The molecular formula is C16H11NO4. The van der Waals surface area contributed by atoms with E-state index < -0.39 is 12.3 Å². The molecule has 0 spiro atoms. The van der Waals surface area contributed by atoms with E-state index in [2.05, 4.69) is 0 Å². The van der Waals surface area contributed by atoms with Crippen LogP contribution in [-0.4, -0.2) is 17.4 Å². The van der Waals surface area contributed by atoms with Crippen LogP contribution in [0.15, 0.2) is 42.5 Å². The quantitative estimate of drug-likeness (QED) is 0.867. The van der Waals surface area contributed by atoms with Gasteiger partial charge in [0.15, 0.2) is 0 Å². The molecular weight excluding hydrogens is 270 g/mol. The molecule has 0 aromatic heterocycles. The monoisotopic (exact) mass is 281 g/mol. The fraction of sp³-hybridized carbons (Fsp3) is 0.125. The molecule has 0 aliphatic carbocycles. The Labute approximate surface area is 121 Å². The van der Waals surface area contributed by atoms with Gasteiger partial charge in [-0.2, -0.15) is 5.26 Å². The number of rotatable bonds is 1. The van der Waals surface area contributed by atoms with Gasteiger partial charge >= 0.3 is 12.3 Å². The summed E-state index contributed by atoms with van der Waals surface area (Å²) in [6.07, 6.45) is -0.900. The molecule has 0 fully saturated rings. The Morgan fingerprint density at radius 3 is 2.62 bits per heavy atom. The van der Waals surface area contributed by atoms with Crippen LogP contribution in [0.1, 0.15) is 16.7 Å². The van der Waals surface area contributed by atoms with Gasteiger partial charge in [-0.25, -0.2) is 4.79 Å². The molecule has 1 N–H and O–H groups in total. The number of carboxylic acids is 1. The van der Waals surface area contributed by atoms with E-state index in [0.717, 1.165) is 11.1 Å². The first kappa shape index (κ1) is 13.0. The van der Waals surface area contributed by atoms with Gasteiger partial charge < -0.3 is 14.6 Å². The molecule has 21 heavy (non-hydrogen) atoms. The Morgan fingerprint density at radius 2 is 1.86 bits per heavy atom. The Bertz CT molecular complexity index is 748. The van der Waals surface area contributed by atoms with Gasteiger partial charge in [0.1, 0.15) is 11.5 Å². The van der Waals surface area contributed by atoms with E-state index >= 15 is 0 Å². The molecule has 1 aliphatic rings. The van der Waals surface area contributed by atoms with Crippen molar-refractivity contribution in [1.82, 2.24) is 0 Å². The number of ether oxygens (including phenoxy) is 2. The van der Waals surface area contributed by atoms with E-state index in [9.17, 15) is 9.90 Å². The van der Waals surface area contributed by atoms with Crippen LogP contribution in [0, 0.1) is 11.3 Å². The van der Waals surface area contributed by atoms with Gasteiger partial charge in [-0.1, -0.05) is 24.3 Å². The minimum absolute atomic E-state index is 0.357. The van der Waals surface area contributed by atoms with E-state index in [-0.39, 0.29) is 0 Å². The molecule has 3 rings (SSSR count). The Morgan fingerprint density at radius 1 is 1.14 bits per heavy atom. The summed E-state index contributed by atoms with van der Waals surface area (Å²) in [5, 5.41) is 18.2. The van der Waals surface area contributed by atoms with Crippen LogP contribution < -0.4 is 9.47 Å². The third kappa shape index (κ3) is 2.51. The van der Waals surface area contributed by atoms with Crippen molar-refractivity contribution in [2.45, 2.75) is 12.7 Å². The number of nitrogens with zero attached hydrogens (tertiary/aromatic N) is 1. The molecule has 5 nitrogen and oxygen atoms in total. The number of aliphatic carboxylic acids is 1. The van der Waals surface area contributed by atoms with Crippen molar-refractivity contribution in [2.75, 3.05) is 0 Å². The average Bonchev–Trinajstić information content (AvgIpc) is 2.47. The lowest BCUT2D eigenvalue weighted by Gasteiger charge is -2.23. The molecule has 0 bridgehead atoms. The van der Waals surface area contributed by atoms with Crippen molar-refractivity contribution in [1.29, 1.82) is 5.26 Å². The highest BCUT2D eigenvalue weighted by Gasteiger charge is 2.26. The second kappa shape index (κ2) is 5.17. The number of para-hydroxylation sites is 1. The van der Waals surface area contributed by atoms with E-state index in [4.69, 9.17) is 14.7 Å². The van der Waals surface area contributed by atoms with Crippen molar-refractivity contribution in [3.05, 3.63) is 59.2 Å². The SMILES string of the molecule is N#Cc1ccc2c(c1)OC(C(=O)O)Oc1ccccc1C2. The number of carboxylic acid groups (broad SMARTS) is 1. The van der Waals surface area contributed by atoms with Crippen molar-refractivity contribution in [3.63, 3.8) is 0 Å². The zero-order chi connectivity index (χ0) is 14.8. The van der Waals surface area contributed by atoms with Crippen LogP contribution in [0.25, 0.3) is 0 Å². The highest BCUT2D eigenvalue weighted by atomic mass is 16.7. The van der Waals surface area contributed by atoms with E-state index in [0.29, 0.717) is 23.5 Å². The van der Waals surface area contributed by atoms with Gasteiger partial charge in [0, 0.05) is 6.42 Å². The first-order valence-corrected chi connectivity index (χ1v) is 6.34. The molecule has 1 heterocycles. The van der Waals surface area contributed by atoms with Gasteiger partial charge in [0.25, 0.3) is 0 Å². The standard InChI is InChI=1S/C16H11NO4/c17-9-10-5-6-12-8-11-3-1-2-4-13(11)20-16(15(18)19)21-14(12)7-10/h1-7,16H,8H2,(H,18,19). The molecule has 2 aromatic rings. The zero-order valence-electron chi connectivity index (χ0n) is 10.9. The van der Waals surface area contributed by atoms with Crippen molar-refractivity contribution < 1.29 is 19.4 Å². The second-order valence-electron chi connectivity index (χ2n) is 4.62. The summed E-state index contributed by atoms with van der Waals surface area (Å²) in [4.78, 5) is 11.3. The maximum atomic E-state index is 11.3. The Hall–Kier alpha value is -3.00. The third-order valence-corrected chi connectivity index (χ3v) is 3.22. The van der Waals surface area contributed by atoms with Crippen LogP contribution in [-0.2, 0) is 11.2 Å². The summed E-state index contributed by atoms with van der Waals surface area (Å²) in [6.45, 7) is 0. The lowest BCUT2D eigenvalue weighted by atomic mass is 10.0. The summed E-state index contributed by atoms with van der Waals surface area (Å²) in [5.41, 5.74) is 2.10. The predicted octanol–water partition coefficient (Wildman–Crippen LogP) is 2.33. The van der Waals surface area contributed by atoms with E-state index in [1.54, 1.807) is 24.3 Å². The topological polar surface area (TPSA) is 79.5 Å². The first-order valence-electron chi connectivity index (χ1n) is 6.34. The van der Waals surface area contributed by atoms with Crippen LogP contribution in [0.3, 0.4) is 0 Å². The molecule has 0 amide bonds. The van der Waals surface area contributed by atoms with Gasteiger partial charge in [-0.05, 0) is 29.3 Å². The Kier molecular flexibility index (Phi) is 3.20. The smallest absolute Gasteiger partial charge is 0.387 e. The number of benzene rings is 2. The van der Waals surface area contributed by atoms with Gasteiger partial charge in [-0.15, -0.1) is 0 Å². The van der Waals surface area contributed by atoms with Crippen LogP contribution >= 0.6 is 0 Å². The van der Waals surface area contributed by atoms with Crippen molar-refractivity contribution in [2.24, 2.45) is 0 Å². The van der Waals surface area contributed by atoms with Crippen LogP contribution in [0.4, 0.5) is 0 Å². The summed E-state index contributed by atoms with van der Waals surface area (Å²) >= 11 is 0. The van der Waals surface area contributed by atoms with E-state index in [1.165, 1.54) is 6.07 Å². The molecule has 0 radical (unpaired) electrons. The third-order valence-electron chi connectivity index (χ3n) is 3.22. The minimum atomic E-state index is -1.45. The summed E-state index contributed by atoms with van der Waals surface area (Å²) < 4.78 is 10.8. The predicted molar refractivity (Wildman–Crippen MR) is 73.1 cm³/mol. The van der Waals surface area contributed by atoms with Crippen molar-refractivity contribution in [3.8, 4) is 17.6 Å². The van der Waals surface area contributed by atoms with Gasteiger partial charge in [-0.3, -0.25) is 0 Å². The molecule has 1 unspecified atom stereocenters. The fourth-order valence-corrected chi connectivity index (χ4v) is 2.21. The Balaban J connectivity index is 2.12. The normalized spacial score (nSPS) is 16.0. The summed E-state index contributed by atoms with van der Waals surface area (Å²) in [6, 6.07) is 14.2. The second-order valence-corrected chi connectivity index (χ2v) is 4.62. The van der Waals surface area contributed by atoms with Crippen LogP contribution in [0.5, 0.6) is 11.5 Å². The number of carbonyl (C=O) groups is 1. The largest absolute Gasteiger partial charge is 0.476 e. The van der Waals surface area contributed by atoms with Crippen LogP contribution in [0.2, 0.25) is 0 Å². The highest BCUT2D eigenvalue weighted by molar-refractivity contribution is 5.72. The van der Waals surface area contributed by atoms with Gasteiger partial charge in [0.05, 0.1) is 11.6 Å². The lowest BCUT2D eigenvalue weighted by molar-refractivity contribution is -0.158. The average molecular weight is 281 g/mol. The fourth-order valence-electron chi connectivity index (χ4n) is 2.21. The van der Waals surface area contributed by atoms with Crippen molar-refractivity contribution >= 4 is 5.97 Å². The maximum absolute atomic E-state index is 11.3. The molecule has 1 atom stereocenters. The molecule has 104 valence electrons. The number of nitriles is 1. The molecule has 1 aliphatic heterocycles. The molecule has 5 heteroatoms. The maximum Gasteiger partial charge on any atom is 0.387 e. The molecule has 2 aromatic carbocycles. The number of fused-ring (bicyclic) bond motifs is 2. The summed E-state index contributed by atoms with van der Waals surface area (Å²) in [5.74, 6) is -0.379. The lowest BCUT2D eigenvalue weighted by Crippen LogP contribution is -2.34. The zero-order valence-corrected chi connectivity index (χ0v) is 10.9.